The summed E-state index contributed by atoms with van der Waals surface area (Å²) in [4.78, 5) is 6.46. The van der Waals surface area contributed by atoms with Crippen LogP contribution in [-0.4, -0.2) is 41.7 Å². The molecule has 2 unspecified atom stereocenters. The van der Waals surface area contributed by atoms with E-state index in [4.69, 9.17) is 4.52 Å². The maximum atomic E-state index is 5.29. The van der Waals surface area contributed by atoms with Gasteiger partial charge in [-0.1, -0.05) is 5.16 Å². The fourth-order valence-corrected chi connectivity index (χ4v) is 1.96. The maximum Gasteiger partial charge on any atom is 0.231 e. The molecule has 84 valence electrons. The Morgan fingerprint density at radius 1 is 1.53 bits per heavy atom. The van der Waals surface area contributed by atoms with Crippen molar-refractivity contribution in [1.29, 1.82) is 0 Å². The van der Waals surface area contributed by atoms with Crippen LogP contribution in [0.2, 0.25) is 0 Å². The van der Waals surface area contributed by atoms with Gasteiger partial charge in [-0.05, 0) is 34.0 Å². The molecule has 1 aliphatic heterocycles. The van der Waals surface area contributed by atoms with Crippen LogP contribution in [0.4, 0.5) is 0 Å². The molecule has 2 atom stereocenters. The van der Waals surface area contributed by atoms with E-state index in [0.29, 0.717) is 12.0 Å². The van der Waals surface area contributed by atoms with E-state index in [0.717, 1.165) is 31.2 Å². The quantitative estimate of drug-likeness (QED) is 0.791. The van der Waals surface area contributed by atoms with Gasteiger partial charge in [0.25, 0.3) is 0 Å². The summed E-state index contributed by atoms with van der Waals surface area (Å²) in [6.07, 6.45) is 1.09. The molecule has 5 nitrogen and oxygen atoms in total. The molecule has 0 aromatic carbocycles. The lowest BCUT2D eigenvalue weighted by Gasteiger charge is -2.09. The molecule has 0 amide bonds. The fraction of sp³-hybridized carbons (Fsp3) is 0.800. The van der Waals surface area contributed by atoms with Gasteiger partial charge in [0.05, 0.1) is 12.5 Å². The summed E-state index contributed by atoms with van der Waals surface area (Å²) in [5, 5.41) is 7.36. The van der Waals surface area contributed by atoms with E-state index in [-0.39, 0.29) is 0 Å². The summed E-state index contributed by atoms with van der Waals surface area (Å²) in [6, 6.07) is 0.442. The highest BCUT2D eigenvalue weighted by atomic mass is 16.5. The molecule has 0 aliphatic carbocycles. The van der Waals surface area contributed by atoms with Crippen LogP contribution in [0.15, 0.2) is 4.52 Å². The zero-order chi connectivity index (χ0) is 10.8. The average Bonchev–Trinajstić information content (AvgIpc) is 2.72. The first-order chi connectivity index (χ1) is 7.16. The minimum atomic E-state index is 0.383. The lowest BCUT2D eigenvalue weighted by molar-refractivity contribution is 0.330. The van der Waals surface area contributed by atoms with Crippen LogP contribution in [0.3, 0.4) is 0 Å². The molecule has 1 N–H and O–H groups in total. The number of hydrogen-bond donors (Lipinski definition) is 1. The normalized spacial score (nSPS) is 26.4. The molecular formula is C10H18N4O. The minimum absolute atomic E-state index is 0.383. The summed E-state index contributed by atoms with van der Waals surface area (Å²) in [5.41, 5.74) is 0. The van der Waals surface area contributed by atoms with Crippen LogP contribution in [0.1, 0.15) is 31.0 Å². The third-order valence-electron chi connectivity index (χ3n) is 2.78. The molecule has 1 aromatic rings. The molecule has 1 aromatic heterocycles. The van der Waals surface area contributed by atoms with Crippen molar-refractivity contribution in [3.8, 4) is 0 Å². The molecule has 15 heavy (non-hydrogen) atoms. The first-order valence-corrected chi connectivity index (χ1v) is 5.37. The Morgan fingerprint density at radius 3 is 2.93 bits per heavy atom. The zero-order valence-corrected chi connectivity index (χ0v) is 9.53. The van der Waals surface area contributed by atoms with Crippen LogP contribution in [0, 0.1) is 0 Å². The minimum Gasteiger partial charge on any atom is -0.339 e. The summed E-state index contributed by atoms with van der Waals surface area (Å²) in [6.45, 7) is 3.93. The Bertz CT molecular complexity index is 323. The molecule has 5 heteroatoms. The van der Waals surface area contributed by atoms with Crippen molar-refractivity contribution in [1.82, 2.24) is 20.4 Å². The van der Waals surface area contributed by atoms with Gasteiger partial charge < -0.3 is 14.7 Å². The number of hydrogen-bond acceptors (Lipinski definition) is 5. The van der Waals surface area contributed by atoms with Gasteiger partial charge in [0.1, 0.15) is 0 Å². The van der Waals surface area contributed by atoms with Crippen molar-refractivity contribution in [2.24, 2.45) is 0 Å². The number of rotatable bonds is 3. The lowest BCUT2D eigenvalue weighted by Crippen LogP contribution is -2.21. The molecular weight excluding hydrogens is 192 g/mol. The van der Waals surface area contributed by atoms with Crippen LogP contribution >= 0.6 is 0 Å². The second-order valence-corrected chi connectivity index (χ2v) is 4.42. The average molecular weight is 210 g/mol. The van der Waals surface area contributed by atoms with E-state index in [1.807, 2.05) is 19.0 Å². The third-order valence-corrected chi connectivity index (χ3v) is 2.78. The SMILES string of the molecule is CC1NCCC1c1nc(CN(C)C)no1. The van der Waals surface area contributed by atoms with E-state index < -0.39 is 0 Å². The summed E-state index contributed by atoms with van der Waals surface area (Å²) >= 11 is 0. The fourth-order valence-electron chi connectivity index (χ4n) is 1.96. The predicted octanol–water partition coefficient (Wildman–Crippen LogP) is 0.597. The molecule has 1 saturated heterocycles. The smallest absolute Gasteiger partial charge is 0.231 e. The van der Waals surface area contributed by atoms with Crippen LogP contribution in [-0.2, 0) is 6.54 Å². The van der Waals surface area contributed by atoms with Crippen molar-refractivity contribution in [2.75, 3.05) is 20.6 Å². The lowest BCUT2D eigenvalue weighted by atomic mass is 10.0. The van der Waals surface area contributed by atoms with Crippen molar-refractivity contribution in [3.63, 3.8) is 0 Å². The van der Waals surface area contributed by atoms with E-state index in [9.17, 15) is 0 Å². The summed E-state index contributed by atoms with van der Waals surface area (Å²) in [7, 11) is 3.99. The van der Waals surface area contributed by atoms with E-state index in [1.54, 1.807) is 0 Å². The highest BCUT2D eigenvalue weighted by Crippen LogP contribution is 2.25. The molecule has 1 fully saturated rings. The van der Waals surface area contributed by atoms with Gasteiger partial charge in [0.2, 0.25) is 5.89 Å². The van der Waals surface area contributed by atoms with Gasteiger partial charge in [-0.2, -0.15) is 4.98 Å². The first kappa shape index (κ1) is 10.6. The van der Waals surface area contributed by atoms with Crippen LogP contribution in [0.25, 0.3) is 0 Å². The predicted molar refractivity (Wildman–Crippen MR) is 56.5 cm³/mol. The molecule has 0 saturated carbocycles. The Labute approximate surface area is 89.8 Å². The van der Waals surface area contributed by atoms with Crippen LogP contribution < -0.4 is 5.32 Å². The van der Waals surface area contributed by atoms with Gasteiger partial charge in [0.15, 0.2) is 5.82 Å². The van der Waals surface area contributed by atoms with E-state index in [2.05, 4.69) is 22.4 Å². The second kappa shape index (κ2) is 4.28. The second-order valence-electron chi connectivity index (χ2n) is 4.42. The monoisotopic (exact) mass is 210 g/mol. The van der Waals surface area contributed by atoms with Gasteiger partial charge in [-0.15, -0.1) is 0 Å². The number of nitrogens with one attached hydrogen (secondary N) is 1. The highest BCUT2D eigenvalue weighted by Gasteiger charge is 2.29. The van der Waals surface area contributed by atoms with Gasteiger partial charge in [0, 0.05) is 6.04 Å². The molecule has 0 spiro atoms. The highest BCUT2D eigenvalue weighted by molar-refractivity contribution is 5.01. The van der Waals surface area contributed by atoms with Gasteiger partial charge in [-0.3, -0.25) is 0 Å². The summed E-state index contributed by atoms with van der Waals surface area (Å²) < 4.78 is 5.29. The Morgan fingerprint density at radius 2 is 2.33 bits per heavy atom. The van der Waals surface area contributed by atoms with Crippen molar-refractivity contribution >= 4 is 0 Å². The first-order valence-electron chi connectivity index (χ1n) is 5.37. The number of nitrogens with zero attached hydrogens (tertiary/aromatic N) is 3. The molecule has 2 rings (SSSR count). The van der Waals surface area contributed by atoms with Crippen molar-refractivity contribution in [3.05, 3.63) is 11.7 Å². The molecule has 0 bridgehead atoms. The standard InChI is InChI=1S/C10H18N4O/c1-7-8(4-5-11-7)10-12-9(13-15-10)6-14(2)3/h7-8,11H,4-6H2,1-3H3. The zero-order valence-electron chi connectivity index (χ0n) is 9.53. The Balaban J connectivity index is 2.06. The number of aromatic nitrogens is 2. The maximum absolute atomic E-state index is 5.29. The van der Waals surface area contributed by atoms with Crippen LogP contribution in [0.5, 0.6) is 0 Å². The Hall–Kier alpha value is -0.940. The largest absolute Gasteiger partial charge is 0.339 e. The molecule has 2 heterocycles. The summed E-state index contributed by atoms with van der Waals surface area (Å²) in [5.74, 6) is 1.94. The van der Waals surface area contributed by atoms with Crippen molar-refractivity contribution in [2.45, 2.75) is 31.8 Å². The van der Waals surface area contributed by atoms with Crippen molar-refractivity contribution < 1.29 is 4.52 Å². The Kier molecular flexibility index (Phi) is 3.02. The third kappa shape index (κ3) is 2.35. The molecule has 0 radical (unpaired) electrons. The van der Waals surface area contributed by atoms with E-state index in [1.165, 1.54) is 0 Å². The topological polar surface area (TPSA) is 54.2 Å². The van der Waals surface area contributed by atoms with Gasteiger partial charge in [-0.25, -0.2) is 0 Å². The van der Waals surface area contributed by atoms with E-state index >= 15 is 0 Å². The van der Waals surface area contributed by atoms with Gasteiger partial charge >= 0.3 is 0 Å². The molecule has 1 aliphatic rings.